The molecule has 0 aliphatic heterocycles. The molecule has 0 bridgehead atoms. The predicted octanol–water partition coefficient (Wildman–Crippen LogP) is 2.91. The Morgan fingerprint density at radius 1 is 1.14 bits per heavy atom. The molecule has 0 radical (unpaired) electrons. The van der Waals surface area contributed by atoms with E-state index in [9.17, 15) is 14.0 Å². The van der Waals surface area contributed by atoms with Gasteiger partial charge in [0.05, 0.1) is 0 Å². The molecule has 2 aromatic rings. The SMILES string of the molecule is CC(C)N(CC(=O)O)C(=O)c1ccc(F)c2ccccc12. The first kappa shape index (κ1) is 15.0. The average Bonchev–Trinajstić information content (AvgIpc) is 2.44. The number of rotatable bonds is 4. The van der Waals surface area contributed by atoms with Gasteiger partial charge in [0.2, 0.25) is 0 Å². The Bertz CT molecular complexity index is 697. The molecular formula is C16H16FNO3. The summed E-state index contributed by atoms with van der Waals surface area (Å²) in [7, 11) is 0. The number of carbonyl (C=O) groups excluding carboxylic acids is 1. The van der Waals surface area contributed by atoms with Gasteiger partial charge in [-0.25, -0.2) is 4.39 Å². The van der Waals surface area contributed by atoms with Crippen LogP contribution in [-0.2, 0) is 4.79 Å². The van der Waals surface area contributed by atoms with Crippen LogP contribution >= 0.6 is 0 Å². The van der Waals surface area contributed by atoms with Crippen molar-refractivity contribution >= 4 is 22.6 Å². The summed E-state index contributed by atoms with van der Waals surface area (Å²) >= 11 is 0. The van der Waals surface area contributed by atoms with Gasteiger partial charge in [-0.3, -0.25) is 9.59 Å². The van der Waals surface area contributed by atoms with Crippen LogP contribution in [0.15, 0.2) is 36.4 Å². The van der Waals surface area contributed by atoms with E-state index in [1.807, 2.05) is 0 Å². The smallest absolute Gasteiger partial charge is 0.323 e. The topological polar surface area (TPSA) is 57.6 Å². The zero-order chi connectivity index (χ0) is 15.6. The minimum Gasteiger partial charge on any atom is -0.480 e. The molecule has 0 saturated carbocycles. The first-order valence-electron chi connectivity index (χ1n) is 6.62. The van der Waals surface area contributed by atoms with Gasteiger partial charge in [0.15, 0.2) is 0 Å². The van der Waals surface area contributed by atoms with Crippen LogP contribution in [0.25, 0.3) is 10.8 Å². The highest BCUT2D eigenvalue weighted by Crippen LogP contribution is 2.23. The number of fused-ring (bicyclic) bond motifs is 1. The van der Waals surface area contributed by atoms with Crippen LogP contribution in [0.4, 0.5) is 4.39 Å². The summed E-state index contributed by atoms with van der Waals surface area (Å²) in [5.41, 5.74) is 0.307. The molecule has 0 atom stereocenters. The molecular weight excluding hydrogens is 273 g/mol. The predicted molar refractivity (Wildman–Crippen MR) is 77.7 cm³/mol. The van der Waals surface area contributed by atoms with E-state index in [0.717, 1.165) is 0 Å². The Morgan fingerprint density at radius 2 is 1.76 bits per heavy atom. The number of amides is 1. The van der Waals surface area contributed by atoms with Gasteiger partial charge in [-0.05, 0) is 31.4 Å². The molecule has 0 aromatic heterocycles. The van der Waals surface area contributed by atoms with Gasteiger partial charge in [0, 0.05) is 17.0 Å². The molecule has 1 amide bonds. The van der Waals surface area contributed by atoms with Crippen molar-refractivity contribution < 1.29 is 19.1 Å². The lowest BCUT2D eigenvalue weighted by Gasteiger charge is -2.25. The average molecular weight is 289 g/mol. The van der Waals surface area contributed by atoms with E-state index in [1.54, 1.807) is 38.1 Å². The van der Waals surface area contributed by atoms with Gasteiger partial charge >= 0.3 is 5.97 Å². The maximum Gasteiger partial charge on any atom is 0.323 e. The summed E-state index contributed by atoms with van der Waals surface area (Å²) < 4.78 is 13.8. The molecule has 2 rings (SSSR count). The number of hydrogen-bond donors (Lipinski definition) is 1. The molecule has 0 unspecified atom stereocenters. The molecule has 110 valence electrons. The number of nitrogens with zero attached hydrogens (tertiary/aromatic N) is 1. The van der Waals surface area contributed by atoms with Gasteiger partial charge in [0.25, 0.3) is 5.91 Å². The third kappa shape index (κ3) is 3.02. The van der Waals surface area contributed by atoms with Crippen LogP contribution in [0.2, 0.25) is 0 Å². The zero-order valence-electron chi connectivity index (χ0n) is 11.8. The summed E-state index contributed by atoms with van der Waals surface area (Å²) in [6.07, 6.45) is 0. The maximum atomic E-state index is 13.8. The Morgan fingerprint density at radius 3 is 2.33 bits per heavy atom. The molecule has 1 N–H and O–H groups in total. The summed E-state index contributed by atoms with van der Waals surface area (Å²) in [6.45, 7) is 3.10. The Hall–Kier alpha value is -2.43. The lowest BCUT2D eigenvalue weighted by molar-refractivity contribution is -0.138. The molecule has 21 heavy (non-hydrogen) atoms. The second-order valence-corrected chi connectivity index (χ2v) is 5.06. The van der Waals surface area contributed by atoms with Crippen molar-refractivity contribution in [1.29, 1.82) is 0 Å². The van der Waals surface area contributed by atoms with Crippen LogP contribution in [-0.4, -0.2) is 34.5 Å². The molecule has 2 aromatic carbocycles. The van der Waals surface area contributed by atoms with Crippen molar-refractivity contribution in [2.24, 2.45) is 0 Å². The zero-order valence-corrected chi connectivity index (χ0v) is 11.8. The van der Waals surface area contributed by atoms with Gasteiger partial charge in [0.1, 0.15) is 12.4 Å². The first-order valence-corrected chi connectivity index (χ1v) is 6.62. The largest absolute Gasteiger partial charge is 0.480 e. The highest BCUT2D eigenvalue weighted by Gasteiger charge is 2.23. The molecule has 0 spiro atoms. The van der Waals surface area contributed by atoms with Crippen LogP contribution < -0.4 is 0 Å². The fourth-order valence-corrected chi connectivity index (χ4v) is 2.24. The third-order valence-corrected chi connectivity index (χ3v) is 3.29. The normalized spacial score (nSPS) is 10.9. The minimum atomic E-state index is -1.08. The van der Waals surface area contributed by atoms with Crippen molar-refractivity contribution in [3.8, 4) is 0 Å². The summed E-state index contributed by atoms with van der Waals surface area (Å²) in [6, 6.07) is 9.03. The Kier molecular flexibility index (Phi) is 4.21. The molecule has 0 saturated heterocycles. The number of carboxylic acid groups (broad SMARTS) is 1. The van der Waals surface area contributed by atoms with Gasteiger partial charge < -0.3 is 10.0 Å². The standard InChI is InChI=1S/C16H16FNO3/c1-10(2)18(9-15(19)20)16(21)13-7-8-14(17)12-6-4-3-5-11(12)13/h3-8,10H,9H2,1-2H3,(H,19,20). The van der Waals surface area contributed by atoms with E-state index >= 15 is 0 Å². The van der Waals surface area contributed by atoms with Gasteiger partial charge in [-0.2, -0.15) is 0 Å². The Labute approximate surface area is 121 Å². The number of benzene rings is 2. The van der Waals surface area contributed by atoms with Crippen LogP contribution in [0.5, 0.6) is 0 Å². The second-order valence-electron chi connectivity index (χ2n) is 5.06. The lowest BCUT2D eigenvalue weighted by Crippen LogP contribution is -2.40. The highest BCUT2D eigenvalue weighted by molar-refractivity contribution is 6.07. The number of carbonyl (C=O) groups is 2. The molecule has 0 heterocycles. The number of halogens is 1. The molecule has 0 fully saturated rings. The number of carboxylic acids is 1. The summed E-state index contributed by atoms with van der Waals surface area (Å²) in [5, 5.41) is 9.77. The van der Waals surface area contributed by atoms with E-state index in [0.29, 0.717) is 16.3 Å². The van der Waals surface area contributed by atoms with Crippen LogP contribution in [0.1, 0.15) is 24.2 Å². The molecule has 5 heteroatoms. The van der Waals surface area contributed by atoms with Gasteiger partial charge in [-0.15, -0.1) is 0 Å². The van der Waals surface area contributed by atoms with E-state index in [-0.39, 0.29) is 12.6 Å². The quantitative estimate of drug-likeness (QED) is 0.941. The van der Waals surface area contributed by atoms with E-state index in [4.69, 9.17) is 5.11 Å². The van der Waals surface area contributed by atoms with Crippen LogP contribution in [0, 0.1) is 5.82 Å². The summed E-state index contributed by atoms with van der Waals surface area (Å²) in [4.78, 5) is 24.8. The van der Waals surface area contributed by atoms with E-state index in [1.165, 1.54) is 17.0 Å². The number of aliphatic carboxylic acids is 1. The highest BCUT2D eigenvalue weighted by atomic mass is 19.1. The van der Waals surface area contributed by atoms with Crippen molar-refractivity contribution in [2.75, 3.05) is 6.54 Å². The lowest BCUT2D eigenvalue weighted by atomic mass is 10.0. The molecule has 0 aliphatic rings. The Balaban J connectivity index is 2.52. The van der Waals surface area contributed by atoms with E-state index in [2.05, 4.69) is 0 Å². The van der Waals surface area contributed by atoms with Crippen molar-refractivity contribution in [2.45, 2.75) is 19.9 Å². The van der Waals surface area contributed by atoms with Gasteiger partial charge in [-0.1, -0.05) is 24.3 Å². The first-order chi connectivity index (χ1) is 9.91. The monoisotopic (exact) mass is 289 g/mol. The maximum absolute atomic E-state index is 13.8. The summed E-state index contributed by atoms with van der Waals surface area (Å²) in [5.74, 6) is -1.90. The second kappa shape index (κ2) is 5.91. The fourth-order valence-electron chi connectivity index (χ4n) is 2.24. The van der Waals surface area contributed by atoms with Crippen LogP contribution in [0.3, 0.4) is 0 Å². The fraction of sp³-hybridized carbons (Fsp3) is 0.250. The van der Waals surface area contributed by atoms with Crippen molar-refractivity contribution in [3.63, 3.8) is 0 Å². The minimum absolute atomic E-state index is 0.266. The molecule has 4 nitrogen and oxygen atoms in total. The van der Waals surface area contributed by atoms with Crippen molar-refractivity contribution in [3.05, 3.63) is 47.8 Å². The number of hydrogen-bond acceptors (Lipinski definition) is 2. The van der Waals surface area contributed by atoms with E-state index < -0.39 is 17.7 Å². The van der Waals surface area contributed by atoms with Crippen molar-refractivity contribution in [1.82, 2.24) is 4.90 Å². The molecule has 0 aliphatic carbocycles. The third-order valence-electron chi connectivity index (χ3n) is 3.29.